The molecule has 0 atom stereocenters. The number of Topliss-reactive ketones (excluding diaryl/α,β-unsaturated/α-hetero) is 2. The smallest absolute Gasteiger partial charge is 0.232 e. The molecule has 0 fully saturated rings. The molecular formula is C19H14O5. The van der Waals surface area contributed by atoms with Crippen LogP contribution in [-0.2, 0) is 9.59 Å². The number of phenolic OH excluding ortho intramolecular Hbond substituents is 1. The molecule has 1 aliphatic carbocycles. The third-order valence-corrected chi connectivity index (χ3v) is 3.85. The molecule has 3 rings (SSSR count). The second-order valence-corrected chi connectivity index (χ2v) is 5.52. The van der Waals surface area contributed by atoms with Gasteiger partial charge in [0, 0.05) is 0 Å². The number of allylic oxidation sites excluding steroid dienone is 2. The Balaban J connectivity index is 2.12. The Morgan fingerprint density at radius 2 is 1.00 bits per heavy atom. The van der Waals surface area contributed by atoms with Crippen molar-refractivity contribution in [3.63, 3.8) is 0 Å². The van der Waals surface area contributed by atoms with Gasteiger partial charge in [0.05, 0.1) is 11.1 Å². The van der Waals surface area contributed by atoms with Crippen LogP contribution in [0.5, 0.6) is 5.75 Å². The highest BCUT2D eigenvalue weighted by atomic mass is 16.3. The molecule has 120 valence electrons. The number of aryl methyl sites for hydroxylation is 1. The average molecular weight is 322 g/mol. The summed E-state index contributed by atoms with van der Waals surface area (Å²) in [6, 6.07) is 12.1. The van der Waals surface area contributed by atoms with E-state index in [-0.39, 0.29) is 22.5 Å². The van der Waals surface area contributed by atoms with Gasteiger partial charge in [0.15, 0.2) is 11.5 Å². The molecule has 0 amide bonds. The predicted molar refractivity (Wildman–Crippen MR) is 88.4 cm³/mol. The molecule has 24 heavy (non-hydrogen) atoms. The zero-order valence-corrected chi connectivity index (χ0v) is 12.8. The van der Waals surface area contributed by atoms with Gasteiger partial charge in [0.1, 0.15) is 5.75 Å². The molecule has 0 spiro atoms. The molecule has 5 nitrogen and oxygen atoms in total. The minimum absolute atomic E-state index is 0.0199. The Kier molecular flexibility index (Phi) is 3.69. The van der Waals surface area contributed by atoms with Crippen molar-refractivity contribution in [2.75, 3.05) is 0 Å². The number of hydrogen-bond donors (Lipinski definition) is 3. The lowest BCUT2D eigenvalue weighted by Crippen LogP contribution is -2.22. The number of carbonyl (C=O) groups excluding carboxylic acids is 2. The van der Waals surface area contributed by atoms with E-state index < -0.39 is 23.1 Å². The molecule has 2 aromatic carbocycles. The lowest BCUT2D eigenvalue weighted by atomic mass is 9.86. The van der Waals surface area contributed by atoms with Gasteiger partial charge >= 0.3 is 0 Å². The largest absolute Gasteiger partial charge is 0.508 e. The van der Waals surface area contributed by atoms with Gasteiger partial charge in [-0.2, -0.15) is 0 Å². The Morgan fingerprint density at radius 3 is 1.42 bits per heavy atom. The standard InChI is InChI=1S/C19H14O5/c1-10-2-4-11(5-3-10)14-16(21)18(23)15(19(24)17(14)22)12-6-8-13(20)9-7-12/h2-9,20-21,24H,1H3. The molecule has 0 aliphatic heterocycles. The number of ketones is 2. The Labute approximate surface area is 137 Å². The number of hydrogen-bond acceptors (Lipinski definition) is 5. The molecule has 2 aromatic rings. The molecule has 0 saturated heterocycles. The predicted octanol–water partition coefficient (Wildman–Crippen LogP) is 3.09. The van der Waals surface area contributed by atoms with E-state index in [2.05, 4.69) is 0 Å². The van der Waals surface area contributed by atoms with Crippen molar-refractivity contribution >= 4 is 22.7 Å². The molecule has 0 saturated carbocycles. The van der Waals surface area contributed by atoms with Gasteiger partial charge in [-0.05, 0) is 30.2 Å². The van der Waals surface area contributed by atoms with Gasteiger partial charge < -0.3 is 15.3 Å². The second-order valence-electron chi connectivity index (χ2n) is 5.52. The zero-order chi connectivity index (χ0) is 17.4. The summed E-state index contributed by atoms with van der Waals surface area (Å²) >= 11 is 0. The maximum atomic E-state index is 12.5. The minimum atomic E-state index is -0.839. The van der Waals surface area contributed by atoms with Crippen molar-refractivity contribution in [1.82, 2.24) is 0 Å². The molecule has 0 bridgehead atoms. The molecular weight excluding hydrogens is 308 g/mol. The van der Waals surface area contributed by atoms with Crippen LogP contribution in [0, 0.1) is 6.92 Å². The first-order chi connectivity index (χ1) is 11.4. The number of carbonyl (C=O) groups is 2. The molecule has 0 unspecified atom stereocenters. The van der Waals surface area contributed by atoms with Crippen LogP contribution < -0.4 is 0 Å². The van der Waals surface area contributed by atoms with Crippen LogP contribution in [0.1, 0.15) is 16.7 Å². The monoisotopic (exact) mass is 322 g/mol. The second kappa shape index (κ2) is 5.70. The number of aliphatic hydroxyl groups is 2. The zero-order valence-electron chi connectivity index (χ0n) is 12.8. The highest BCUT2D eigenvalue weighted by Crippen LogP contribution is 2.34. The first-order valence-electron chi connectivity index (χ1n) is 7.22. The third kappa shape index (κ3) is 2.46. The number of rotatable bonds is 2. The summed E-state index contributed by atoms with van der Waals surface area (Å²) in [5.41, 5.74) is 1.04. The highest BCUT2D eigenvalue weighted by Gasteiger charge is 2.36. The van der Waals surface area contributed by atoms with Crippen molar-refractivity contribution in [3.05, 3.63) is 76.7 Å². The van der Waals surface area contributed by atoms with Crippen LogP contribution in [0.3, 0.4) is 0 Å². The number of aliphatic hydroxyl groups excluding tert-OH is 2. The molecule has 5 heteroatoms. The van der Waals surface area contributed by atoms with E-state index in [1.807, 2.05) is 6.92 Å². The van der Waals surface area contributed by atoms with Gasteiger partial charge in [-0.25, -0.2) is 0 Å². The fraction of sp³-hybridized carbons (Fsp3) is 0.0526. The number of aromatic hydroxyl groups is 1. The summed E-state index contributed by atoms with van der Waals surface area (Å²) in [6.07, 6.45) is 0. The first-order valence-corrected chi connectivity index (χ1v) is 7.22. The summed E-state index contributed by atoms with van der Waals surface area (Å²) in [6.45, 7) is 1.87. The number of phenols is 1. The van der Waals surface area contributed by atoms with Crippen LogP contribution in [0.25, 0.3) is 11.1 Å². The summed E-state index contributed by atoms with van der Waals surface area (Å²) in [5.74, 6) is -3.11. The summed E-state index contributed by atoms with van der Waals surface area (Å²) in [4.78, 5) is 25.0. The molecule has 0 aromatic heterocycles. The van der Waals surface area contributed by atoms with E-state index in [0.29, 0.717) is 5.56 Å². The average Bonchev–Trinajstić information content (AvgIpc) is 2.57. The maximum Gasteiger partial charge on any atom is 0.232 e. The van der Waals surface area contributed by atoms with Crippen molar-refractivity contribution in [1.29, 1.82) is 0 Å². The Bertz CT molecular complexity index is 822. The normalized spacial score (nSPS) is 15.2. The number of benzene rings is 2. The minimum Gasteiger partial charge on any atom is -0.508 e. The van der Waals surface area contributed by atoms with Crippen molar-refractivity contribution in [3.8, 4) is 5.75 Å². The highest BCUT2D eigenvalue weighted by molar-refractivity contribution is 6.46. The quantitative estimate of drug-likeness (QED) is 0.739. The van der Waals surface area contributed by atoms with Gasteiger partial charge in [0.2, 0.25) is 11.6 Å². The van der Waals surface area contributed by atoms with Crippen molar-refractivity contribution in [2.45, 2.75) is 6.92 Å². The fourth-order valence-corrected chi connectivity index (χ4v) is 2.56. The topological polar surface area (TPSA) is 94.8 Å². The van der Waals surface area contributed by atoms with E-state index in [9.17, 15) is 24.9 Å². The van der Waals surface area contributed by atoms with Crippen LogP contribution >= 0.6 is 0 Å². The van der Waals surface area contributed by atoms with E-state index in [1.165, 1.54) is 24.3 Å². The Hall–Kier alpha value is -3.34. The van der Waals surface area contributed by atoms with E-state index >= 15 is 0 Å². The lowest BCUT2D eigenvalue weighted by Gasteiger charge is -2.18. The van der Waals surface area contributed by atoms with E-state index in [1.54, 1.807) is 24.3 Å². The van der Waals surface area contributed by atoms with Crippen molar-refractivity contribution < 1.29 is 24.9 Å². The molecule has 3 N–H and O–H groups in total. The Morgan fingerprint density at radius 1 is 0.625 bits per heavy atom. The van der Waals surface area contributed by atoms with Crippen LogP contribution in [-0.4, -0.2) is 26.9 Å². The fourth-order valence-electron chi connectivity index (χ4n) is 2.56. The van der Waals surface area contributed by atoms with Crippen LogP contribution in [0.2, 0.25) is 0 Å². The van der Waals surface area contributed by atoms with E-state index in [4.69, 9.17) is 0 Å². The lowest BCUT2D eigenvalue weighted by molar-refractivity contribution is -0.116. The summed E-state index contributed by atoms with van der Waals surface area (Å²) in [5, 5.41) is 29.8. The van der Waals surface area contributed by atoms with Crippen LogP contribution in [0.15, 0.2) is 60.0 Å². The van der Waals surface area contributed by atoms with Gasteiger partial charge in [0.25, 0.3) is 0 Å². The van der Waals surface area contributed by atoms with Crippen LogP contribution in [0.4, 0.5) is 0 Å². The molecule has 0 heterocycles. The summed E-state index contributed by atoms with van der Waals surface area (Å²) in [7, 11) is 0. The molecule has 1 aliphatic rings. The van der Waals surface area contributed by atoms with Gasteiger partial charge in [-0.1, -0.05) is 42.0 Å². The van der Waals surface area contributed by atoms with Gasteiger partial charge in [-0.15, -0.1) is 0 Å². The van der Waals surface area contributed by atoms with E-state index in [0.717, 1.165) is 5.56 Å². The van der Waals surface area contributed by atoms with Gasteiger partial charge in [-0.3, -0.25) is 9.59 Å². The molecule has 0 radical (unpaired) electrons. The third-order valence-electron chi connectivity index (χ3n) is 3.85. The van der Waals surface area contributed by atoms with Crippen molar-refractivity contribution in [2.24, 2.45) is 0 Å². The summed E-state index contributed by atoms with van der Waals surface area (Å²) < 4.78 is 0. The SMILES string of the molecule is Cc1ccc(C2=C(O)C(=O)C(c3ccc(O)cc3)=C(O)C2=O)cc1. The first kappa shape index (κ1) is 15.6. The maximum absolute atomic E-state index is 12.5.